The Morgan fingerprint density at radius 1 is 1.58 bits per heavy atom. The van der Waals surface area contributed by atoms with Gasteiger partial charge in [-0.1, -0.05) is 13.8 Å². The van der Waals surface area contributed by atoms with Gasteiger partial charge < -0.3 is 11.1 Å². The molecule has 0 aliphatic heterocycles. The first-order valence-electron chi connectivity index (χ1n) is 6.02. The molecule has 1 rings (SSSR count). The monoisotopic (exact) mass is 262 g/mol. The van der Waals surface area contributed by atoms with Gasteiger partial charge in [0.15, 0.2) is 0 Å². The molecule has 2 amide bonds. The van der Waals surface area contributed by atoms with Crippen LogP contribution in [0.2, 0.25) is 0 Å². The second-order valence-corrected chi connectivity index (χ2v) is 4.71. The van der Waals surface area contributed by atoms with Gasteiger partial charge in [0.25, 0.3) is 5.91 Å². The Morgan fingerprint density at radius 3 is 2.79 bits per heavy atom. The highest BCUT2D eigenvalue weighted by molar-refractivity contribution is 5.95. The number of hydrogen-bond acceptors (Lipinski definition) is 3. The second kappa shape index (κ2) is 6.59. The quantitative estimate of drug-likeness (QED) is 0.639. The molecule has 1 aromatic rings. The number of rotatable bonds is 6. The molecular weight excluding hydrogens is 244 g/mol. The first kappa shape index (κ1) is 14.8. The van der Waals surface area contributed by atoms with E-state index in [1.807, 2.05) is 0 Å². The third kappa shape index (κ3) is 4.47. The van der Waals surface area contributed by atoms with Crippen molar-refractivity contribution < 1.29 is 9.59 Å². The summed E-state index contributed by atoms with van der Waals surface area (Å²) >= 11 is 0. The van der Waals surface area contributed by atoms with Crippen molar-refractivity contribution in [2.45, 2.75) is 32.7 Å². The zero-order chi connectivity index (χ0) is 14.4. The minimum Gasteiger partial charge on any atom is -0.368 e. The Hall–Kier alpha value is -2.29. The average molecular weight is 262 g/mol. The summed E-state index contributed by atoms with van der Waals surface area (Å²) in [6.45, 7) is 4.13. The van der Waals surface area contributed by atoms with E-state index < -0.39 is 17.9 Å². The molecule has 6 heteroatoms. The van der Waals surface area contributed by atoms with Crippen LogP contribution in [0.4, 0.5) is 0 Å². The summed E-state index contributed by atoms with van der Waals surface area (Å²) in [5.41, 5.74) is 6.23. The normalized spacial score (nSPS) is 11.9. The maximum atomic E-state index is 11.9. The van der Waals surface area contributed by atoms with E-state index in [0.717, 1.165) is 12.1 Å². The first-order valence-corrected chi connectivity index (χ1v) is 6.02. The van der Waals surface area contributed by atoms with Crippen molar-refractivity contribution >= 4 is 11.8 Å². The summed E-state index contributed by atoms with van der Waals surface area (Å²) in [6.07, 6.45) is 5.97. The molecule has 0 unspecified atom stereocenters. The summed E-state index contributed by atoms with van der Waals surface area (Å²) in [5.74, 6) is 1.62. The fourth-order valence-electron chi connectivity index (χ4n) is 1.60. The third-order valence-electron chi connectivity index (χ3n) is 2.46. The Balaban J connectivity index is 2.69. The average Bonchev–Trinajstić information content (AvgIpc) is 2.75. The standard InChI is InChI=1S/C13H18N4O2/c1-4-5-10(12(14)18)15-13(19)11-7-9(16-17-11)6-8(2)3/h1,7-8,10H,5-6H2,2-3H3,(H2,14,18)(H,15,19)(H,16,17)/t10-/m1/s1. The lowest BCUT2D eigenvalue weighted by Gasteiger charge is -2.11. The molecule has 1 heterocycles. The minimum atomic E-state index is -0.872. The van der Waals surface area contributed by atoms with E-state index >= 15 is 0 Å². The summed E-state index contributed by atoms with van der Waals surface area (Å²) in [6, 6.07) is 0.784. The number of carbonyl (C=O) groups excluding carboxylic acids is 2. The van der Waals surface area contributed by atoms with Crippen LogP contribution in [0.1, 0.15) is 36.5 Å². The van der Waals surface area contributed by atoms with Crippen LogP contribution in [0.5, 0.6) is 0 Å². The molecule has 0 bridgehead atoms. The first-order chi connectivity index (χ1) is 8.93. The lowest BCUT2D eigenvalue weighted by molar-refractivity contribution is -0.119. The summed E-state index contributed by atoms with van der Waals surface area (Å²) in [4.78, 5) is 23.0. The number of terminal acetylenes is 1. The molecule has 1 atom stereocenters. The lowest BCUT2D eigenvalue weighted by Crippen LogP contribution is -2.44. The van der Waals surface area contributed by atoms with Crippen LogP contribution in [0.15, 0.2) is 6.07 Å². The van der Waals surface area contributed by atoms with Gasteiger partial charge in [-0.3, -0.25) is 14.7 Å². The van der Waals surface area contributed by atoms with E-state index in [0.29, 0.717) is 5.92 Å². The Morgan fingerprint density at radius 2 is 2.26 bits per heavy atom. The van der Waals surface area contributed by atoms with Crippen molar-refractivity contribution in [3.63, 3.8) is 0 Å². The summed E-state index contributed by atoms with van der Waals surface area (Å²) in [5, 5.41) is 9.15. The van der Waals surface area contributed by atoms with Crippen LogP contribution >= 0.6 is 0 Å². The number of primary amides is 1. The number of aromatic nitrogens is 2. The Bertz CT molecular complexity index is 499. The number of hydrogen-bond donors (Lipinski definition) is 3. The highest BCUT2D eigenvalue weighted by Crippen LogP contribution is 2.07. The molecule has 0 radical (unpaired) electrons. The second-order valence-electron chi connectivity index (χ2n) is 4.71. The van der Waals surface area contributed by atoms with E-state index in [1.54, 1.807) is 6.07 Å². The highest BCUT2D eigenvalue weighted by atomic mass is 16.2. The van der Waals surface area contributed by atoms with E-state index in [2.05, 4.69) is 35.3 Å². The zero-order valence-electron chi connectivity index (χ0n) is 11.1. The molecule has 0 aromatic carbocycles. The summed E-state index contributed by atoms with van der Waals surface area (Å²) < 4.78 is 0. The van der Waals surface area contributed by atoms with Crippen LogP contribution < -0.4 is 11.1 Å². The van der Waals surface area contributed by atoms with E-state index in [-0.39, 0.29) is 12.1 Å². The van der Waals surface area contributed by atoms with E-state index in [1.165, 1.54) is 0 Å². The van der Waals surface area contributed by atoms with Crippen molar-refractivity contribution in [1.29, 1.82) is 0 Å². The maximum Gasteiger partial charge on any atom is 0.272 e. The number of nitrogens with two attached hydrogens (primary N) is 1. The molecule has 0 aliphatic rings. The smallest absolute Gasteiger partial charge is 0.272 e. The van der Waals surface area contributed by atoms with E-state index in [4.69, 9.17) is 12.2 Å². The SMILES string of the molecule is C#CC[C@@H](NC(=O)c1cc(CC(C)C)[nH]n1)C(N)=O. The predicted molar refractivity (Wildman–Crippen MR) is 71.0 cm³/mol. The predicted octanol–water partition coefficient (Wildman–Crippen LogP) is 0.215. The van der Waals surface area contributed by atoms with Crippen molar-refractivity contribution in [2.24, 2.45) is 11.7 Å². The third-order valence-corrected chi connectivity index (χ3v) is 2.46. The Labute approximate surface area is 112 Å². The Kier molecular flexibility index (Phi) is 5.12. The molecular formula is C13H18N4O2. The molecule has 4 N–H and O–H groups in total. The molecule has 0 spiro atoms. The molecule has 0 fully saturated rings. The number of amides is 2. The zero-order valence-corrected chi connectivity index (χ0v) is 11.1. The largest absolute Gasteiger partial charge is 0.368 e. The van der Waals surface area contributed by atoms with Gasteiger partial charge in [-0.05, 0) is 18.4 Å². The van der Waals surface area contributed by atoms with Crippen LogP contribution in [0, 0.1) is 18.3 Å². The van der Waals surface area contributed by atoms with Crippen molar-refractivity contribution in [1.82, 2.24) is 15.5 Å². The van der Waals surface area contributed by atoms with Gasteiger partial charge in [-0.25, -0.2) is 0 Å². The van der Waals surface area contributed by atoms with Crippen LogP contribution in [0.3, 0.4) is 0 Å². The van der Waals surface area contributed by atoms with Crippen molar-refractivity contribution in [3.8, 4) is 12.3 Å². The molecule has 19 heavy (non-hydrogen) atoms. The maximum absolute atomic E-state index is 11.9. The van der Waals surface area contributed by atoms with Gasteiger partial charge in [-0.15, -0.1) is 12.3 Å². The van der Waals surface area contributed by atoms with Gasteiger partial charge in [0.1, 0.15) is 11.7 Å². The molecule has 6 nitrogen and oxygen atoms in total. The van der Waals surface area contributed by atoms with Gasteiger partial charge in [0.05, 0.1) is 0 Å². The van der Waals surface area contributed by atoms with E-state index in [9.17, 15) is 9.59 Å². The van der Waals surface area contributed by atoms with Crippen molar-refractivity contribution in [2.75, 3.05) is 0 Å². The van der Waals surface area contributed by atoms with Gasteiger partial charge in [0, 0.05) is 12.1 Å². The topological polar surface area (TPSA) is 101 Å². The highest BCUT2D eigenvalue weighted by Gasteiger charge is 2.19. The number of H-pyrrole nitrogens is 1. The minimum absolute atomic E-state index is 0.0599. The number of carbonyl (C=O) groups is 2. The van der Waals surface area contributed by atoms with Crippen LogP contribution in [0.25, 0.3) is 0 Å². The van der Waals surface area contributed by atoms with Gasteiger partial charge in [0.2, 0.25) is 5.91 Å². The number of nitrogens with one attached hydrogen (secondary N) is 2. The number of aromatic amines is 1. The molecule has 0 saturated carbocycles. The molecule has 1 aromatic heterocycles. The fourth-order valence-corrected chi connectivity index (χ4v) is 1.60. The number of nitrogens with zero attached hydrogens (tertiary/aromatic N) is 1. The van der Waals surface area contributed by atoms with Crippen LogP contribution in [-0.2, 0) is 11.2 Å². The fraction of sp³-hybridized carbons (Fsp3) is 0.462. The van der Waals surface area contributed by atoms with Gasteiger partial charge in [-0.2, -0.15) is 5.10 Å². The lowest BCUT2D eigenvalue weighted by atomic mass is 10.1. The molecule has 0 saturated heterocycles. The summed E-state index contributed by atoms with van der Waals surface area (Å²) in [7, 11) is 0. The molecule has 0 aliphatic carbocycles. The molecule has 102 valence electrons. The van der Waals surface area contributed by atoms with Crippen molar-refractivity contribution in [3.05, 3.63) is 17.5 Å². The van der Waals surface area contributed by atoms with Crippen LogP contribution in [-0.4, -0.2) is 28.1 Å². The van der Waals surface area contributed by atoms with Gasteiger partial charge >= 0.3 is 0 Å².